The largest absolute Gasteiger partial charge is 0.379 e. The van der Waals surface area contributed by atoms with Crippen LogP contribution in [0.25, 0.3) is 0 Å². The summed E-state index contributed by atoms with van der Waals surface area (Å²) in [6.45, 7) is 1.64. The lowest BCUT2D eigenvalue weighted by atomic mass is 10.1. The van der Waals surface area contributed by atoms with Gasteiger partial charge in [-0.05, 0) is 45.6 Å². The van der Waals surface area contributed by atoms with Crippen LogP contribution < -0.4 is 5.32 Å². The molecule has 0 radical (unpaired) electrons. The molecule has 0 fully saturated rings. The Hall–Kier alpha value is -2.13. The van der Waals surface area contributed by atoms with Gasteiger partial charge in [0.15, 0.2) is 0 Å². The number of unbranched alkanes of at least 4 members (excludes halogenated alkanes) is 1. The number of para-hydroxylation sites is 1. The summed E-state index contributed by atoms with van der Waals surface area (Å²) < 4.78 is 0. The molecule has 19 heavy (non-hydrogen) atoms. The quantitative estimate of drug-likeness (QED) is 0.463. The first-order valence-electron chi connectivity index (χ1n) is 6.12. The van der Waals surface area contributed by atoms with Crippen LogP contribution in [0, 0.1) is 21.4 Å². The van der Waals surface area contributed by atoms with E-state index in [4.69, 9.17) is 5.26 Å². The first kappa shape index (κ1) is 14.9. The van der Waals surface area contributed by atoms with Gasteiger partial charge in [-0.3, -0.25) is 10.1 Å². The first-order valence-corrected chi connectivity index (χ1v) is 6.12. The lowest BCUT2D eigenvalue weighted by molar-refractivity contribution is -0.384. The fourth-order valence-electron chi connectivity index (χ4n) is 1.75. The fraction of sp³-hybridized carbons (Fsp3) is 0.462. The van der Waals surface area contributed by atoms with Crippen molar-refractivity contribution in [2.24, 2.45) is 0 Å². The molecular formula is C13H18N4O2. The Morgan fingerprint density at radius 1 is 1.42 bits per heavy atom. The van der Waals surface area contributed by atoms with Gasteiger partial charge in [0.2, 0.25) is 0 Å². The Labute approximate surface area is 112 Å². The lowest BCUT2D eigenvalue weighted by Crippen LogP contribution is -2.14. The molecule has 1 aromatic carbocycles. The second-order valence-electron chi connectivity index (χ2n) is 4.51. The van der Waals surface area contributed by atoms with Crippen LogP contribution >= 0.6 is 0 Å². The summed E-state index contributed by atoms with van der Waals surface area (Å²) in [5, 5.41) is 22.9. The van der Waals surface area contributed by atoms with Crippen molar-refractivity contribution in [1.82, 2.24) is 4.90 Å². The average Bonchev–Trinajstić information content (AvgIpc) is 2.37. The van der Waals surface area contributed by atoms with E-state index in [1.54, 1.807) is 12.1 Å². The van der Waals surface area contributed by atoms with E-state index < -0.39 is 4.92 Å². The summed E-state index contributed by atoms with van der Waals surface area (Å²) in [6, 6.07) is 6.58. The van der Waals surface area contributed by atoms with E-state index >= 15 is 0 Å². The van der Waals surface area contributed by atoms with Crippen molar-refractivity contribution in [1.29, 1.82) is 5.26 Å². The average molecular weight is 262 g/mol. The van der Waals surface area contributed by atoms with Crippen molar-refractivity contribution in [2.75, 3.05) is 32.5 Å². The predicted molar refractivity (Wildman–Crippen MR) is 74.1 cm³/mol. The highest BCUT2D eigenvalue weighted by Crippen LogP contribution is 2.27. The highest BCUT2D eigenvalue weighted by atomic mass is 16.6. The molecule has 102 valence electrons. The molecule has 0 aliphatic rings. The third kappa shape index (κ3) is 4.56. The number of rotatable bonds is 7. The number of nitro benzene ring substituents is 1. The number of nitrogens with one attached hydrogen (secondary N) is 1. The highest BCUT2D eigenvalue weighted by Gasteiger charge is 2.18. The molecule has 1 aromatic rings. The zero-order valence-electron chi connectivity index (χ0n) is 11.2. The van der Waals surface area contributed by atoms with Crippen LogP contribution in [0.2, 0.25) is 0 Å². The molecule has 1 rings (SSSR count). The van der Waals surface area contributed by atoms with E-state index in [0.717, 1.165) is 19.4 Å². The van der Waals surface area contributed by atoms with Crippen molar-refractivity contribution < 1.29 is 4.92 Å². The third-order valence-corrected chi connectivity index (χ3v) is 2.69. The summed E-state index contributed by atoms with van der Waals surface area (Å²) in [5.74, 6) is 0. The van der Waals surface area contributed by atoms with Gasteiger partial charge in [-0.25, -0.2) is 0 Å². The SMILES string of the molecule is CN(C)CCCCNc1cccc(C#N)c1[N+](=O)[O-]. The Morgan fingerprint density at radius 2 is 2.16 bits per heavy atom. The van der Waals surface area contributed by atoms with Crippen LogP contribution in [0.5, 0.6) is 0 Å². The Balaban J connectivity index is 2.64. The van der Waals surface area contributed by atoms with E-state index in [-0.39, 0.29) is 11.3 Å². The zero-order chi connectivity index (χ0) is 14.3. The Kier molecular flexibility index (Phi) is 5.76. The van der Waals surface area contributed by atoms with Gasteiger partial charge in [0.25, 0.3) is 0 Å². The summed E-state index contributed by atoms with van der Waals surface area (Å²) in [5.41, 5.74) is 0.356. The van der Waals surface area contributed by atoms with Crippen LogP contribution in [0.3, 0.4) is 0 Å². The topological polar surface area (TPSA) is 82.2 Å². The Bertz CT molecular complexity index is 480. The maximum absolute atomic E-state index is 11.0. The first-order chi connectivity index (χ1) is 9.06. The molecule has 0 atom stereocenters. The van der Waals surface area contributed by atoms with Gasteiger partial charge in [-0.1, -0.05) is 6.07 Å². The zero-order valence-corrected chi connectivity index (χ0v) is 11.2. The molecule has 0 amide bonds. The molecule has 0 aromatic heterocycles. The molecule has 0 aliphatic carbocycles. The molecule has 0 aliphatic heterocycles. The van der Waals surface area contributed by atoms with Crippen LogP contribution in [-0.2, 0) is 0 Å². The molecule has 0 spiro atoms. The van der Waals surface area contributed by atoms with Crippen LogP contribution in [0.4, 0.5) is 11.4 Å². The summed E-state index contributed by atoms with van der Waals surface area (Å²) in [4.78, 5) is 12.6. The fourth-order valence-corrected chi connectivity index (χ4v) is 1.75. The monoisotopic (exact) mass is 262 g/mol. The second-order valence-corrected chi connectivity index (χ2v) is 4.51. The molecule has 0 saturated heterocycles. The number of hydrogen-bond acceptors (Lipinski definition) is 5. The van der Waals surface area contributed by atoms with E-state index in [1.807, 2.05) is 20.2 Å². The molecule has 6 heteroatoms. The van der Waals surface area contributed by atoms with Crippen LogP contribution in [0.15, 0.2) is 18.2 Å². The van der Waals surface area contributed by atoms with Gasteiger partial charge in [-0.15, -0.1) is 0 Å². The van der Waals surface area contributed by atoms with Crippen molar-refractivity contribution >= 4 is 11.4 Å². The number of nitrogens with zero attached hydrogens (tertiary/aromatic N) is 3. The second kappa shape index (κ2) is 7.34. The standard InChI is InChI=1S/C13H18N4O2/c1-16(2)9-4-3-8-15-12-7-5-6-11(10-14)13(12)17(18)19/h5-7,15H,3-4,8-9H2,1-2H3. The summed E-state index contributed by atoms with van der Waals surface area (Å²) in [7, 11) is 4.02. The van der Waals surface area contributed by atoms with Gasteiger partial charge in [0.05, 0.1) is 4.92 Å². The minimum Gasteiger partial charge on any atom is -0.379 e. The van der Waals surface area contributed by atoms with Crippen molar-refractivity contribution in [3.63, 3.8) is 0 Å². The minimum absolute atomic E-state index is 0.0864. The van der Waals surface area contributed by atoms with Crippen LogP contribution in [-0.4, -0.2) is 37.0 Å². The van der Waals surface area contributed by atoms with E-state index in [9.17, 15) is 10.1 Å². The van der Waals surface area contributed by atoms with Crippen molar-refractivity contribution in [3.8, 4) is 6.07 Å². The molecular weight excluding hydrogens is 244 g/mol. The highest BCUT2D eigenvalue weighted by molar-refractivity contribution is 5.68. The van der Waals surface area contributed by atoms with Gasteiger partial charge in [0, 0.05) is 6.54 Å². The van der Waals surface area contributed by atoms with Gasteiger partial charge in [-0.2, -0.15) is 5.26 Å². The minimum atomic E-state index is -0.513. The normalized spacial score (nSPS) is 10.2. The molecule has 1 N–H and O–H groups in total. The molecule has 6 nitrogen and oxygen atoms in total. The number of hydrogen-bond donors (Lipinski definition) is 1. The molecule has 0 heterocycles. The maximum atomic E-state index is 11.0. The van der Waals surface area contributed by atoms with Crippen molar-refractivity contribution in [3.05, 3.63) is 33.9 Å². The number of nitro groups is 1. The number of anilines is 1. The van der Waals surface area contributed by atoms with Crippen molar-refractivity contribution in [2.45, 2.75) is 12.8 Å². The van der Waals surface area contributed by atoms with E-state index in [0.29, 0.717) is 12.2 Å². The maximum Gasteiger partial charge on any atom is 0.309 e. The van der Waals surface area contributed by atoms with E-state index in [1.165, 1.54) is 6.07 Å². The summed E-state index contributed by atoms with van der Waals surface area (Å²) >= 11 is 0. The lowest BCUT2D eigenvalue weighted by Gasteiger charge is -2.10. The van der Waals surface area contributed by atoms with E-state index in [2.05, 4.69) is 10.2 Å². The molecule has 0 bridgehead atoms. The third-order valence-electron chi connectivity index (χ3n) is 2.69. The molecule has 0 saturated carbocycles. The van der Waals surface area contributed by atoms with Gasteiger partial charge >= 0.3 is 5.69 Å². The number of nitriles is 1. The predicted octanol–water partition coefficient (Wildman–Crippen LogP) is 2.22. The van der Waals surface area contributed by atoms with Gasteiger partial charge in [0.1, 0.15) is 17.3 Å². The smallest absolute Gasteiger partial charge is 0.309 e. The molecule has 0 unspecified atom stereocenters. The van der Waals surface area contributed by atoms with Gasteiger partial charge < -0.3 is 10.2 Å². The Morgan fingerprint density at radius 3 is 2.74 bits per heavy atom. The van der Waals surface area contributed by atoms with Crippen LogP contribution in [0.1, 0.15) is 18.4 Å². The summed E-state index contributed by atoms with van der Waals surface area (Å²) in [6.07, 6.45) is 1.94. The number of benzene rings is 1.